The summed E-state index contributed by atoms with van der Waals surface area (Å²) >= 11 is 0. The zero-order valence-electron chi connectivity index (χ0n) is 11.4. The molecule has 0 bridgehead atoms. The molecule has 0 spiro atoms. The van der Waals surface area contributed by atoms with Crippen molar-refractivity contribution in [3.8, 4) is 0 Å². The number of hydrogen-bond acceptors (Lipinski definition) is 3. The predicted molar refractivity (Wildman–Crippen MR) is 71.2 cm³/mol. The summed E-state index contributed by atoms with van der Waals surface area (Å²) in [5.74, 6) is 0.698. The summed E-state index contributed by atoms with van der Waals surface area (Å²) in [6, 6.07) is 0.250. The summed E-state index contributed by atoms with van der Waals surface area (Å²) in [6.45, 7) is 3.92. The molecule has 0 aromatic carbocycles. The van der Waals surface area contributed by atoms with Crippen molar-refractivity contribution < 1.29 is 4.79 Å². The van der Waals surface area contributed by atoms with E-state index in [0.717, 1.165) is 18.8 Å². The van der Waals surface area contributed by atoms with E-state index < -0.39 is 0 Å². The first kappa shape index (κ1) is 12.9. The minimum absolute atomic E-state index is 0.108. The van der Waals surface area contributed by atoms with Crippen molar-refractivity contribution in [1.29, 1.82) is 0 Å². The number of aromatic nitrogens is 2. The van der Waals surface area contributed by atoms with E-state index in [1.165, 1.54) is 12.8 Å². The number of anilines is 1. The molecule has 1 heterocycles. The molecule has 1 amide bonds. The first-order valence-electron chi connectivity index (χ1n) is 6.62. The molecule has 1 unspecified atom stereocenters. The Kier molecular flexibility index (Phi) is 3.59. The van der Waals surface area contributed by atoms with Crippen LogP contribution >= 0.6 is 0 Å². The van der Waals surface area contributed by atoms with Gasteiger partial charge in [-0.3, -0.25) is 9.48 Å². The topological polar surface area (TPSA) is 72.9 Å². The number of aryl methyl sites for hydroxylation is 2. The quantitative estimate of drug-likeness (QED) is 0.834. The summed E-state index contributed by atoms with van der Waals surface area (Å²) in [7, 11) is 1.75. The van der Waals surface area contributed by atoms with E-state index in [9.17, 15) is 4.79 Å². The Morgan fingerprint density at radius 3 is 2.72 bits per heavy atom. The molecule has 1 atom stereocenters. The molecule has 2 rings (SSSR count). The third kappa shape index (κ3) is 2.66. The van der Waals surface area contributed by atoms with Gasteiger partial charge in [0.1, 0.15) is 5.69 Å². The lowest BCUT2D eigenvalue weighted by atomic mass is 10.1. The van der Waals surface area contributed by atoms with Gasteiger partial charge in [-0.05, 0) is 25.7 Å². The Hall–Kier alpha value is -1.52. The van der Waals surface area contributed by atoms with E-state index in [4.69, 9.17) is 5.73 Å². The number of nitrogen functional groups attached to an aromatic ring is 1. The van der Waals surface area contributed by atoms with Gasteiger partial charge in [-0.1, -0.05) is 19.8 Å². The number of nitrogens with zero attached hydrogens (tertiary/aromatic N) is 2. The maximum Gasteiger partial charge on any atom is 0.271 e. The smallest absolute Gasteiger partial charge is 0.271 e. The number of carbonyl (C=O) groups is 1. The van der Waals surface area contributed by atoms with Gasteiger partial charge in [0.15, 0.2) is 0 Å². The third-order valence-corrected chi connectivity index (χ3v) is 3.63. The van der Waals surface area contributed by atoms with Crippen molar-refractivity contribution in [1.82, 2.24) is 15.1 Å². The summed E-state index contributed by atoms with van der Waals surface area (Å²) < 4.78 is 1.56. The van der Waals surface area contributed by atoms with Crippen molar-refractivity contribution in [2.75, 3.05) is 5.73 Å². The van der Waals surface area contributed by atoms with Crippen LogP contribution in [0.1, 0.15) is 48.8 Å². The SMILES string of the molecule is CCC(CC1CC1)NC(=O)c1c(N)c(C)nn1C. The minimum atomic E-state index is -0.108. The van der Waals surface area contributed by atoms with E-state index >= 15 is 0 Å². The lowest BCUT2D eigenvalue weighted by Gasteiger charge is -2.16. The zero-order valence-corrected chi connectivity index (χ0v) is 11.4. The fourth-order valence-corrected chi connectivity index (χ4v) is 2.28. The van der Waals surface area contributed by atoms with Gasteiger partial charge in [0.2, 0.25) is 0 Å². The molecule has 1 fully saturated rings. The van der Waals surface area contributed by atoms with Crippen LogP contribution in [-0.4, -0.2) is 21.7 Å². The number of carbonyl (C=O) groups excluding carboxylic acids is 1. The molecule has 0 saturated heterocycles. The summed E-state index contributed by atoms with van der Waals surface area (Å²) in [5.41, 5.74) is 7.55. The molecule has 1 saturated carbocycles. The highest BCUT2D eigenvalue weighted by molar-refractivity contribution is 5.98. The van der Waals surface area contributed by atoms with E-state index in [1.807, 2.05) is 6.92 Å². The fourth-order valence-electron chi connectivity index (χ4n) is 2.28. The van der Waals surface area contributed by atoms with Crippen LogP contribution in [0.4, 0.5) is 5.69 Å². The first-order valence-corrected chi connectivity index (χ1v) is 6.62. The van der Waals surface area contributed by atoms with E-state index in [-0.39, 0.29) is 11.9 Å². The van der Waals surface area contributed by atoms with Crippen molar-refractivity contribution >= 4 is 11.6 Å². The van der Waals surface area contributed by atoms with Crippen molar-refractivity contribution in [2.45, 2.75) is 45.6 Å². The van der Waals surface area contributed by atoms with Gasteiger partial charge < -0.3 is 11.1 Å². The Labute approximate surface area is 108 Å². The lowest BCUT2D eigenvalue weighted by molar-refractivity contribution is 0.0924. The second-order valence-electron chi connectivity index (χ2n) is 5.23. The Morgan fingerprint density at radius 2 is 2.28 bits per heavy atom. The van der Waals surface area contributed by atoms with Crippen LogP contribution in [0.5, 0.6) is 0 Å². The molecule has 1 aromatic rings. The average molecular weight is 250 g/mol. The fraction of sp³-hybridized carbons (Fsp3) is 0.692. The maximum absolute atomic E-state index is 12.2. The molecule has 18 heavy (non-hydrogen) atoms. The lowest BCUT2D eigenvalue weighted by Crippen LogP contribution is -2.36. The molecule has 1 aliphatic rings. The molecule has 5 nitrogen and oxygen atoms in total. The molecule has 0 aliphatic heterocycles. The molecule has 0 radical (unpaired) electrons. The summed E-state index contributed by atoms with van der Waals surface area (Å²) in [4.78, 5) is 12.2. The van der Waals surface area contributed by atoms with Crippen molar-refractivity contribution in [3.05, 3.63) is 11.4 Å². The van der Waals surface area contributed by atoms with Gasteiger partial charge >= 0.3 is 0 Å². The van der Waals surface area contributed by atoms with E-state index in [0.29, 0.717) is 17.1 Å². The number of rotatable bonds is 5. The van der Waals surface area contributed by atoms with E-state index in [2.05, 4.69) is 17.3 Å². The van der Waals surface area contributed by atoms with Gasteiger partial charge in [0.25, 0.3) is 5.91 Å². The standard InChI is InChI=1S/C13H22N4O/c1-4-10(7-9-5-6-9)15-13(18)12-11(14)8(2)16-17(12)3/h9-10H,4-7,14H2,1-3H3,(H,15,18). The molecule has 100 valence electrons. The molecular formula is C13H22N4O. The maximum atomic E-state index is 12.2. The van der Waals surface area contributed by atoms with Crippen LogP contribution in [-0.2, 0) is 7.05 Å². The number of nitrogens with one attached hydrogen (secondary N) is 1. The Morgan fingerprint density at radius 1 is 1.61 bits per heavy atom. The predicted octanol–water partition coefficient (Wildman–Crippen LogP) is 1.62. The highest BCUT2D eigenvalue weighted by Gasteiger charge is 2.27. The first-order chi connectivity index (χ1) is 8.52. The zero-order chi connectivity index (χ0) is 13.3. The van der Waals surface area contributed by atoms with Crippen LogP contribution in [0.25, 0.3) is 0 Å². The molecule has 1 aromatic heterocycles. The number of amides is 1. The molecule has 1 aliphatic carbocycles. The molecular weight excluding hydrogens is 228 g/mol. The van der Waals surface area contributed by atoms with Gasteiger partial charge in [0, 0.05) is 13.1 Å². The second-order valence-corrected chi connectivity index (χ2v) is 5.23. The normalized spacial score (nSPS) is 16.6. The van der Waals surface area contributed by atoms with Crippen LogP contribution in [0.3, 0.4) is 0 Å². The molecule has 3 N–H and O–H groups in total. The highest BCUT2D eigenvalue weighted by Crippen LogP contribution is 2.34. The Balaban J connectivity index is 2.05. The van der Waals surface area contributed by atoms with Crippen LogP contribution in [0.15, 0.2) is 0 Å². The van der Waals surface area contributed by atoms with Crippen LogP contribution in [0.2, 0.25) is 0 Å². The van der Waals surface area contributed by atoms with Crippen molar-refractivity contribution in [3.63, 3.8) is 0 Å². The van der Waals surface area contributed by atoms with Gasteiger partial charge in [-0.2, -0.15) is 5.10 Å². The molecule has 5 heteroatoms. The third-order valence-electron chi connectivity index (χ3n) is 3.63. The highest BCUT2D eigenvalue weighted by atomic mass is 16.2. The van der Waals surface area contributed by atoms with Crippen molar-refractivity contribution in [2.24, 2.45) is 13.0 Å². The van der Waals surface area contributed by atoms with Gasteiger partial charge in [0.05, 0.1) is 11.4 Å². The number of hydrogen-bond donors (Lipinski definition) is 2. The minimum Gasteiger partial charge on any atom is -0.395 e. The second kappa shape index (κ2) is 5.00. The summed E-state index contributed by atoms with van der Waals surface area (Å²) in [5, 5.41) is 7.24. The average Bonchev–Trinajstić information content (AvgIpc) is 3.07. The monoisotopic (exact) mass is 250 g/mol. The number of nitrogens with two attached hydrogens (primary N) is 1. The Bertz CT molecular complexity index is 448. The van der Waals surface area contributed by atoms with Gasteiger partial charge in [-0.15, -0.1) is 0 Å². The van der Waals surface area contributed by atoms with Gasteiger partial charge in [-0.25, -0.2) is 0 Å². The summed E-state index contributed by atoms with van der Waals surface area (Å²) in [6.07, 6.45) is 4.65. The van der Waals surface area contributed by atoms with Crippen LogP contribution in [0, 0.1) is 12.8 Å². The van der Waals surface area contributed by atoms with Crippen LogP contribution < -0.4 is 11.1 Å². The van der Waals surface area contributed by atoms with E-state index in [1.54, 1.807) is 11.7 Å². The largest absolute Gasteiger partial charge is 0.395 e.